The highest BCUT2D eigenvalue weighted by atomic mass is 79.9. The first-order valence-corrected chi connectivity index (χ1v) is 7.30. The Bertz CT molecular complexity index is 637. The van der Waals surface area contributed by atoms with Gasteiger partial charge in [-0.3, -0.25) is 9.78 Å². The van der Waals surface area contributed by atoms with Crippen LogP contribution in [0.4, 0.5) is 11.4 Å². The normalized spacial score (nSPS) is 12.3. The second kappa shape index (κ2) is 6.76. The highest BCUT2D eigenvalue weighted by Crippen LogP contribution is 2.33. The summed E-state index contributed by atoms with van der Waals surface area (Å²) in [6.07, 6.45) is 6.48. The highest BCUT2D eigenvalue weighted by molar-refractivity contribution is 9.10. The summed E-state index contributed by atoms with van der Waals surface area (Å²) < 4.78 is 6.77. The fourth-order valence-corrected chi connectivity index (χ4v) is 2.32. The quantitative estimate of drug-likeness (QED) is 0.627. The predicted octanol–water partition coefficient (Wildman–Crippen LogP) is 2.37. The van der Waals surface area contributed by atoms with Crippen molar-refractivity contribution < 1.29 is 4.74 Å². The molecule has 6 nitrogen and oxygen atoms in total. The van der Waals surface area contributed by atoms with Crippen molar-refractivity contribution in [2.75, 3.05) is 24.2 Å². The Kier molecular flexibility index (Phi) is 5.02. The number of anilines is 2. The second-order valence-corrected chi connectivity index (χ2v) is 5.57. The number of nitrogen functional groups attached to an aromatic ring is 1. The van der Waals surface area contributed by atoms with Crippen LogP contribution in [0.15, 0.2) is 38.5 Å². The summed E-state index contributed by atoms with van der Waals surface area (Å²) in [6.45, 7) is 1.57. The van der Waals surface area contributed by atoms with E-state index in [9.17, 15) is 4.79 Å². The van der Waals surface area contributed by atoms with Crippen LogP contribution in [-0.2, 0) is 0 Å². The number of aromatic amines is 1. The van der Waals surface area contributed by atoms with Gasteiger partial charge in [-0.25, -0.2) is 0 Å². The monoisotopic (exact) mass is 402 g/mol. The number of nitrogens with zero attached hydrogens (tertiary/aromatic N) is 1. The van der Waals surface area contributed by atoms with Crippen LogP contribution >= 0.6 is 31.9 Å². The first-order chi connectivity index (χ1) is 9.59. The van der Waals surface area contributed by atoms with Gasteiger partial charge in [0.2, 0.25) is 5.43 Å². The minimum Gasteiger partial charge on any atom is -0.488 e. The second-order valence-electron chi connectivity index (χ2n) is 3.86. The van der Waals surface area contributed by atoms with E-state index in [1.807, 2.05) is 0 Å². The molecule has 0 saturated heterocycles. The third-order valence-electron chi connectivity index (χ3n) is 2.44. The fraction of sp³-hybridized carbons (Fsp3) is 0.167. The lowest BCUT2D eigenvalue weighted by Gasteiger charge is -2.18. The molecule has 1 aliphatic heterocycles. The molecule has 0 saturated carbocycles. The Morgan fingerprint density at radius 1 is 1.25 bits per heavy atom. The maximum atomic E-state index is 10.8. The van der Waals surface area contributed by atoms with Crippen LogP contribution < -0.4 is 21.2 Å². The van der Waals surface area contributed by atoms with E-state index >= 15 is 0 Å². The number of fused-ring (bicyclic) bond motifs is 1. The Hall–Kier alpha value is -1.54. The van der Waals surface area contributed by atoms with Gasteiger partial charge in [-0.05, 0) is 31.9 Å². The van der Waals surface area contributed by atoms with Crippen molar-refractivity contribution in [2.24, 2.45) is 0 Å². The molecule has 0 aromatic carbocycles. The Morgan fingerprint density at radius 3 is 2.70 bits per heavy atom. The van der Waals surface area contributed by atoms with Crippen LogP contribution in [0.25, 0.3) is 0 Å². The van der Waals surface area contributed by atoms with Crippen molar-refractivity contribution in [1.82, 2.24) is 9.97 Å². The van der Waals surface area contributed by atoms with Crippen LogP contribution in [-0.4, -0.2) is 23.1 Å². The van der Waals surface area contributed by atoms with E-state index < -0.39 is 0 Å². The Balaban J connectivity index is 0.000000151. The molecule has 0 aliphatic carbocycles. The standard InChI is InChI=1S/C7H7BrN2O.C5H5BrN2O/c8-5-3-9-4-6-7(5)11-2-1-10-6;6-3-1-8-2-4(7)5(3)9/h3-4,10H,1-2H2;1-2H,7H2,(H,8,9). The number of ether oxygens (including phenoxy) is 1. The summed E-state index contributed by atoms with van der Waals surface area (Å²) in [5.74, 6) is 0.867. The first kappa shape index (κ1) is 14.9. The molecule has 20 heavy (non-hydrogen) atoms. The van der Waals surface area contributed by atoms with Crippen molar-refractivity contribution in [2.45, 2.75) is 0 Å². The van der Waals surface area contributed by atoms with E-state index in [2.05, 4.69) is 47.1 Å². The molecule has 0 spiro atoms. The number of hydrogen-bond acceptors (Lipinski definition) is 5. The van der Waals surface area contributed by atoms with Crippen LogP contribution in [0.2, 0.25) is 0 Å². The average molecular weight is 404 g/mol. The van der Waals surface area contributed by atoms with Gasteiger partial charge < -0.3 is 20.8 Å². The molecule has 2 aromatic heterocycles. The lowest BCUT2D eigenvalue weighted by atomic mass is 10.3. The third-order valence-corrected chi connectivity index (χ3v) is 3.60. The molecule has 106 valence electrons. The molecule has 2 aromatic rings. The van der Waals surface area contributed by atoms with Gasteiger partial charge in [0.25, 0.3) is 0 Å². The molecule has 4 N–H and O–H groups in total. The van der Waals surface area contributed by atoms with E-state index in [4.69, 9.17) is 10.5 Å². The van der Waals surface area contributed by atoms with Crippen molar-refractivity contribution in [3.8, 4) is 5.75 Å². The molecule has 0 bridgehead atoms. The van der Waals surface area contributed by atoms with Crippen LogP contribution in [0.1, 0.15) is 0 Å². The molecular formula is C12H12Br2N4O2. The Labute approximate surface area is 132 Å². The topological polar surface area (TPSA) is 93.0 Å². The fourth-order valence-electron chi connectivity index (χ4n) is 1.51. The van der Waals surface area contributed by atoms with Crippen molar-refractivity contribution >= 4 is 43.2 Å². The lowest BCUT2D eigenvalue weighted by Crippen LogP contribution is -2.18. The average Bonchev–Trinajstić information content (AvgIpc) is 2.46. The number of hydrogen-bond donors (Lipinski definition) is 3. The van der Waals surface area contributed by atoms with Gasteiger partial charge in [0.15, 0.2) is 5.75 Å². The SMILES string of the molecule is Brc1cncc2c1OCCN2.Nc1c[nH]cc(Br)c1=O. The molecule has 0 unspecified atom stereocenters. The summed E-state index contributed by atoms with van der Waals surface area (Å²) in [5, 5.41) is 3.19. The molecule has 1 aliphatic rings. The molecular weight excluding hydrogens is 392 g/mol. The van der Waals surface area contributed by atoms with Crippen LogP contribution in [0.5, 0.6) is 5.75 Å². The summed E-state index contributed by atoms with van der Waals surface area (Å²) in [7, 11) is 0. The maximum Gasteiger partial charge on any atom is 0.218 e. The van der Waals surface area contributed by atoms with E-state index in [0.29, 0.717) is 4.47 Å². The van der Waals surface area contributed by atoms with Gasteiger partial charge in [-0.2, -0.15) is 0 Å². The third kappa shape index (κ3) is 3.51. The van der Waals surface area contributed by atoms with Gasteiger partial charge in [0.05, 0.1) is 26.5 Å². The number of aromatic nitrogens is 2. The molecule has 3 heterocycles. The smallest absolute Gasteiger partial charge is 0.218 e. The summed E-state index contributed by atoms with van der Waals surface area (Å²) >= 11 is 6.38. The molecule has 0 atom stereocenters. The molecule has 0 radical (unpaired) electrons. The largest absolute Gasteiger partial charge is 0.488 e. The van der Waals surface area contributed by atoms with E-state index in [-0.39, 0.29) is 11.1 Å². The zero-order valence-corrected chi connectivity index (χ0v) is 13.5. The lowest BCUT2D eigenvalue weighted by molar-refractivity contribution is 0.321. The maximum absolute atomic E-state index is 10.8. The van der Waals surface area contributed by atoms with Gasteiger partial charge >= 0.3 is 0 Å². The number of nitrogens with one attached hydrogen (secondary N) is 2. The summed E-state index contributed by atoms with van der Waals surface area (Å²) in [5.41, 5.74) is 6.26. The zero-order chi connectivity index (χ0) is 14.5. The number of H-pyrrole nitrogens is 1. The highest BCUT2D eigenvalue weighted by Gasteiger charge is 2.11. The molecule has 0 fully saturated rings. The zero-order valence-electron chi connectivity index (χ0n) is 10.3. The Morgan fingerprint density at radius 2 is 2.05 bits per heavy atom. The number of pyridine rings is 2. The molecule has 0 amide bonds. The minimum atomic E-state index is -0.172. The van der Waals surface area contributed by atoms with E-state index in [0.717, 1.165) is 29.1 Å². The van der Waals surface area contributed by atoms with Crippen molar-refractivity contribution in [3.05, 3.63) is 44.0 Å². The van der Waals surface area contributed by atoms with Gasteiger partial charge in [-0.15, -0.1) is 0 Å². The van der Waals surface area contributed by atoms with Crippen molar-refractivity contribution in [1.29, 1.82) is 0 Å². The number of halogens is 2. The minimum absolute atomic E-state index is 0.172. The van der Waals surface area contributed by atoms with E-state index in [1.54, 1.807) is 18.6 Å². The molecule has 8 heteroatoms. The predicted molar refractivity (Wildman–Crippen MR) is 85.1 cm³/mol. The van der Waals surface area contributed by atoms with Gasteiger partial charge in [-0.1, -0.05) is 0 Å². The first-order valence-electron chi connectivity index (χ1n) is 5.72. The van der Waals surface area contributed by atoms with Gasteiger partial charge in [0.1, 0.15) is 6.61 Å². The van der Waals surface area contributed by atoms with Crippen LogP contribution in [0, 0.1) is 0 Å². The molecule has 3 rings (SSSR count). The van der Waals surface area contributed by atoms with E-state index in [1.165, 1.54) is 6.20 Å². The van der Waals surface area contributed by atoms with Crippen molar-refractivity contribution in [3.63, 3.8) is 0 Å². The summed E-state index contributed by atoms with van der Waals surface area (Å²) in [4.78, 5) is 17.5. The van der Waals surface area contributed by atoms with Crippen LogP contribution in [0.3, 0.4) is 0 Å². The summed E-state index contributed by atoms with van der Waals surface area (Å²) in [6, 6.07) is 0. The number of rotatable bonds is 0. The van der Waals surface area contributed by atoms with Gasteiger partial charge in [0, 0.05) is 25.1 Å². The number of nitrogens with two attached hydrogens (primary N) is 1.